The number of carboxylic acid groups (broad SMARTS) is 1. The molecule has 1 unspecified atom stereocenters. The number of nitrogens with zero attached hydrogens (tertiary/aromatic N) is 1. The first-order valence-electron chi connectivity index (χ1n) is 5.89. The van der Waals surface area contributed by atoms with Crippen LogP contribution in [0.2, 0.25) is 0 Å². The van der Waals surface area contributed by atoms with Gasteiger partial charge >= 0.3 is 5.97 Å². The van der Waals surface area contributed by atoms with Gasteiger partial charge in [0.25, 0.3) is 0 Å². The van der Waals surface area contributed by atoms with E-state index in [-0.39, 0.29) is 5.91 Å². The molecule has 1 amide bonds. The number of rotatable bonds is 7. The van der Waals surface area contributed by atoms with Crippen molar-refractivity contribution in [3.63, 3.8) is 0 Å². The van der Waals surface area contributed by atoms with Crippen LogP contribution in [-0.2, 0) is 9.59 Å². The Labute approximate surface area is 97.6 Å². The van der Waals surface area contributed by atoms with Gasteiger partial charge in [0.05, 0.1) is 5.92 Å². The molecule has 0 fully saturated rings. The number of hydrogen-bond acceptors (Lipinski definition) is 2. The summed E-state index contributed by atoms with van der Waals surface area (Å²) in [6.45, 7) is 8.58. The van der Waals surface area contributed by atoms with Gasteiger partial charge in [0.15, 0.2) is 0 Å². The molecule has 0 saturated carbocycles. The van der Waals surface area contributed by atoms with Crippen molar-refractivity contribution in [2.24, 2.45) is 11.8 Å². The normalized spacial score (nSPS) is 12.6. The van der Waals surface area contributed by atoms with Gasteiger partial charge < -0.3 is 10.0 Å². The zero-order valence-electron chi connectivity index (χ0n) is 10.7. The van der Waals surface area contributed by atoms with Crippen molar-refractivity contribution >= 4 is 11.9 Å². The van der Waals surface area contributed by atoms with Crippen molar-refractivity contribution in [1.29, 1.82) is 0 Å². The van der Waals surface area contributed by atoms with Gasteiger partial charge in [-0.3, -0.25) is 9.59 Å². The predicted molar refractivity (Wildman–Crippen MR) is 63.1 cm³/mol. The molecule has 0 aliphatic heterocycles. The molecule has 0 aliphatic rings. The molecule has 1 N–H and O–H groups in total. The van der Waals surface area contributed by atoms with Gasteiger partial charge in [-0.25, -0.2) is 0 Å². The van der Waals surface area contributed by atoms with Gasteiger partial charge in [-0.1, -0.05) is 27.7 Å². The van der Waals surface area contributed by atoms with E-state index < -0.39 is 11.9 Å². The van der Waals surface area contributed by atoms with Crippen LogP contribution in [0.1, 0.15) is 40.5 Å². The maximum atomic E-state index is 11.8. The predicted octanol–water partition coefficient (Wildman–Crippen LogP) is 1.99. The smallest absolute Gasteiger partial charge is 0.308 e. The van der Waals surface area contributed by atoms with E-state index in [9.17, 15) is 9.59 Å². The number of carbonyl (C=O) groups excluding carboxylic acids is 1. The van der Waals surface area contributed by atoms with Crippen LogP contribution in [-0.4, -0.2) is 35.0 Å². The summed E-state index contributed by atoms with van der Waals surface area (Å²) in [5.74, 6) is -0.927. The molecule has 0 rings (SSSR count). The highest BCUT2D eigenvalue weighted by Gasteiger charge is 2.20. The monoisotopic (exact) mass is 229 g/mol. The van der Waals surface area contributed by atoms with Gasteiger partial charge in [0.1, 0.15) is 0 Å². The Morgan fingerprint density at radius 3 is 2.12 bits per heavy atom. The van der Waals surface area contributed by atoms with E-state index in [1.807, 2.05) is 20.8 Å². The summed E-state index contributed by atoms with van der Waals surface area (Å²) in [6.07, 6.45) is 1.30. The zero-order chi connectivity index (χ0) is 12.7. The molecule has 0 spiro atoms. The second-order valence-corrected chi connectivity index (χ2v) is 4.68. The number of carboxylic acids is 1. The third-order valence-electron chi connectivity index (χ3n) is 2.32. The van der Waals surface area contributed by atoms with E-state index in [1.54, 1.807) is 11.8 Å². The Balaban J connectivity index is 4.42. The fraction of sp³-hybridized carbons (Fsp3) is 0.833. The average Bonchev–Trinajstić information content (AvgIpc) is 2.16. The van der Waals surface area contributed by atoms with E-state index in [1.165, 1.54) is 0 Å². The maximum Gasteiger partial charge on any atom is 0.308 e. The maximum absolute atomic E-state index is 11.8. The molecule has 0 bridgehead atoms. The minimum absolute atomic E-state index is 0.0595. The fourth-order valence-corrected chi connectivity index (χ4v) is 1.50. The van der Waals surface area contributed by atoms with Crippen LogP contribution in [0.25, 0.3) is 0 Å². The minimum atomic E-state index is -0.849. The lowest BCUT2D eigenvalue weighted by Gasteiger charge is -2.26. The molecule has 1 atom stereocenters. The summed E-state index contributed by atoms with van der Waals surface area (Å²) in [6, 6.07) is 0. The first kappa shape index (κ1) is 14.9. The van der Waals surface area contributed by atoms with Crippen LogP contribution >= 0.6 is 0 Å². The summed E-state index contributed by atoms with van der Waals surface area (Å²) in [7, 11) is 0. The number of carbonyl (C=O) groups is 2. The van der Waals surface area contributed by atoms with E-state index in [0.717, 1.165) is 6.42 Å². The lowest BCUT2D eigenvalue weighted by molar-refractivity contribution is -0.143. The SMILES string of the molecule is CCCC(=O)N(CC(C)C)CC(C)C(=O)O. The van der Waals surface area contributed by atoms with Gasteiger partial charge in [-0.05, 0) is 12.3 Å². The first-order valence-corrected chi connectivity index (χ1v) is 5.89. The first-order chi connectivity index (χ1) is 7.38. The van der Waals surface area contributed by atoms with E-state index >= 15 is 0 Å². The third-order valence-corrected chi connectivity index (χ3v) is 2.32. The Morgan fingerprint density at radius 2 is 1.75 bits per heavy atom. The largest absolute Gasteiger partial charge is 0.481 e. The lowest BCUT2D eigenvalue weighted by Crippen LogP contribution is -2.39. The van der Waals surface area contributed by atoms with Crippen LogP contribution in [0.15, 0.2) is 0 Å². The molecule has 0 aliphatic carbocycles. The molecule has 0 saturated heterocycles. The summed E-state index contributed by atoms with van der Waals surface area (Å²) in [5.41, 5.74) is 0. The standard InChI is InChI=1S/C12H23NO3/c1-5-6-11(14)13(7-9(2)3)8-10(4)12(15)16/h9-10H,5-8H2,1-4H3,(H,15,16). The molecule has 94 valence electrons. The van der Waals surface area contributed by atoms with Crippen molar-refractivity contribution in [3.8, 4) is 0 Å². The van der Waals surface area contributed by atoms with Gasteiger partial charge in [0, 0.05) is 19.5 Å². The Hall–Kier alpha value is -1.06. The molecule has 4 heteroatoms. The van der Waals surface area contributed by atoms with Crippen molar-refractivity contribution in [2.75, 3.05) is 13.1 Å². The van der Waals surface area contributed by atoms with Gasteiger partial charge in [-0.15, -0.1) is 0 Å². The molecular formula is C12H23NO3. The highest BCUT2D eigenvalue weighted by atomic mass is 16.4. The van der Waals surface area contributed by atoms with Crippen LogP contribution in [0.3, 0.4) is 0 Å². The second-order valence-electron chi connectivity index (χ2n) is 4.68. The Morgan fingerprint density at radius 1 is 1.19 bits per heavy atom. The van der Waals surface area contributed by atoms with Crippen molar-refractivity contribution in [3.05, 3.63) is 0 Å². The van der Waals surface area contributed by atoms with Crippen molar-refractivity contribution in [1.82, 2.24) is 4.90 Å². The molecule has 0 heterocycles. The molecule has 0 radical (unpaired) electrons. The van der Waals surface area contributed by atoms with Crippen LogP contribution in [0.4, 0.5) is 0 Å². The Kier molecular flexibility index (Phi) is 6.77. The van der Waals surface area contributed by atoms with Crippen molar-refractivity contribution in [2.45, 2.75) is 40.5 Å². The Bertz CT molecular complexity index is 238. The molecule has 0 aromatic rings. The highest BCUT2D eigenvalue weighted by Crippen LogP contribution is 2.07. The van der Waals surface area contributed by atoms with Gasteiger partial charge in [-0.2, -0.15) is 0 Å². The second kappa shape index (κ2) is 7.25. The lowest BCUT2D eigenvalue weighted by atomic mass is 10.1. The van der Waals surface area contributed by atoms with Crippen LogP contribution in [0.5, 0.6) is 0 Å². The molecule has 16 heavy (non-hydrogen) atoms. The molecule has 0 aromatic heterocycles. The topological polar surface area (TPSA) is 57.6 Å². The third kappa shape index (κ3) is 5.73. The summed E-state index contributed by atoms with van der Waals surface area (Å²) < 4.78 is 0. The van der Waals surface area contributed by atoms with Crippen LogP contribution in [0, 0.1) is 11.8 Å². The summed E-state index contributed by atoms with van der Waals surface area (Å²) >= 11 is 0. The zero-order valence-corrected chi connectivity index (χ0v) is 10.7. The summed E-state index contributed by atoms with van der Waals surface area (Å²) in [5, 5.41) is 8.84. The number of aliphatic carboxylic acids is 1. The molecular weight excluding hydrogens is 206 g/mol. The molecule has 4 nitrogen and oxygen atoms in total. The minimum Gasteiger partial charge on any atom is -0.481 e. The van der Waals surface area contributed by atoms with Gasteiger partial charge in [0.2, 0.25) is 5.91 Å². The van der Waals surface area contributed by atoms with E-state index in [0.29, 0.717) is 25.4 Å². The molecule has 0 aromatic carbocycles. The summed E-state index contributed by atoms with van der Waals surface area (Å²) in [4.78, 5) is 24.2. The van der Waals surface area contributed by atoms with Crippen molar-refractivity contribution < 1.29 is 14.7 Å². The average molecular weight is 229 g/mol. The fourth-order valence-electron chi connectivity index (χ4n) is 1.50. The van der Waals surface area contributed by atoms with E-state index in [2.05, 4.69) is 0 Å². The van der Waals surface area contributed by atoms with E-state index in [4.69, 9.17) is 5.11 Å². The highest BCUT2D eigenvalue weighted by molar-refractivity contribution is 5.77. The number of hydrogen-bond donors (Lipinski definition) is 1. The number of amides is 1. The quantitative estimate of drug-likeness (QED) is 0.726. The van der Waals surface area contributed by atoms with Crippen LogP contribution < -0.4 is 0 Å².